The Hall–Kier alpha value is -2.22. The van der Waals surface area contributed by atoms with Gasteiger partial charge in [-0.15, -0.1) is 0 Å². The summed E-state index contributed by atoms with van der Waals surface area (Å²) in [4.78, 5) is 17.0. The average Bonchev–Trinajstić information content (AvgIpc) is 2.72. The molecule has 0 bridgehead atoms. The lowest BCUT2D eigenvalue weighted by molar-refractivity contribution is -0.138. The van der Waals surface area contributed by atoms with Crippen molar-refractivity contribution >= 4 is 15.9 Å². The van der Waals surface area contributed by atoms with Crippen LogP contribution in [-0.4, -0.2) is 56.3 Å². The maximum absolute atomic E-state index is 12.5. The van der Waals surface area contributed by atoms with Gasteiger partial charge in [0.05, 0.1) is 4.90 Å². The molecule has 2 aliphatic heterocycles. The van der Waals surface area contributed by atoms with Crippen molar-refractivity contribution in [3.63, 3.8) is 0 Å². The molecule has 2 aliphatic rings. The fourth-order valence-electron chi connectivity index (χ4n) is 4.39. The van der Waals surface area contributed by atoms with Crippen LogP contribution in [0.1, 0.15) is 43.9 Å². The van der Waals surface area contributed by atoms with Gasteiger partial charge < -0.3 is 4.90 Å². The zero-order chi connectivity index (χ0) is 22.9. The summed E-state index contributed by atoms with van der Waals surface area (Å²) in [6, 6.07) is 15.9. The van der Waals surface area contributed by atoms with Gasteiger partial charge in [-0.25, -0.2) is 13.1 Å². The van der Waals surface area contributed by atoms with Crippen molar-refractivity contribution in [2.45, 2.75) is 56.5 Å². The van der Waals surface area contributed by atoms with Crippen LogP contribution in [-0.2, 0) is 33.2 Å². The van der Waals surface area contributed by atoms with Crippen LogP contribution >= 0.6 is 0 Å². The van der Waals surface area contributed by atoms with E-state index in [1.165, 1.54) is 11.1 Å². The fourth-order valence-corrected chi connectivity index (χ4v) is 5.42. The molecule has 2 heterocycles. The second-order valence-electron chi connectivity index (χ2n) is 9.86. The summed E-state index contributed by atoms with van der Waals surface area (Å²) in [6.45, 7) is 9.79. The molecular weight excluding hydrogens is 422 g/mol. The molecule has 0 aromatic heterocycles. The van der Waals surface area contributed by atoms with Crippen LogP contribution in [0.5, 0.6) is 0 Å². The molecule has 0 radical (unpaired) electrons. The number of rotatable bonds is 6. The first-order valence-corrected chi connectivity index (χ1v) is 12.8. The Bertz CT molecular complexity index is 1070. The second-order valence-corrected chi connectivity index (χ2v) is 11.6. The van der Waals surface area contributed by atoms with Crippen molar-refractivity contribution in [1.29, 1.82) is 0 Å². The lowest BCUT2D eigenvalue weighted by Gasteiger charge is -2.47. The van der Waals surface area contributed by atoms with Crippen molar-refractivity contribution in [2.24, 2.45) is 0 Å². The Labute approximate surface area is 191 Å². The number of nitrogens with zero attached hydrogens (tertiary/aromatic N) is 2. The molecule has 0 saturated carbocycles. The second kappa shape index (κ2) is 8.96. The number of benzene rings is 2. The van der Waals surface area contributed by atoms with E-state index in [2.05, 4.69) is 54.7 Å². The quantitative estimate of drug-likeness (QED) is 0.727. The first-order valence-electron chi connectivity index (χ1n) is 11.3. The van der Waals surface area contributed by atoms with Gasteiger partial charge in [-0.05, 0) is 40.7 Å². The predicted molar refractivity (Wildman–Crippen MR) is 126 cm³/mol. The topological polar surface area (TPSA) is 69.7 Å². The Balaban J connectivity index is 1.22. The summed E-state index contributed by atoms with van der Waals surface area (Å²) in [7, 11) is -3.62. The van der Waals surface area contributed by atoms with Crippen LogP contribution in [0.25, 0.3) is 0 Å². The lowest BCUT2D eigenvalue weighted by Crippen LogP contribution is -2.61. The molecule has 0 atom stereocenters. The number of hydrogen-bond acceptors (Lipinski definition) is 4. The Morgan fingerprint density at radius 1 is 1.03 bits per heavy atom. The van der Waals surface area contributed by atoms with E-state index in [1.54, 1.807) is 12.1 Å². The van der Waals surface area contributed by atoms with E-state index in [-0.39, 0.29) is 29.2 Å². The number of hydrogen-bond donors (Lipinski definition) is 1. The third-order valence-electron chi connectivity index (χ3n) is 6.55. The normalized spacial score (nSPS) is 17.7. The summed E-state index contributed by atoms with van der Waals surface area (Å²) < 4.78 is 27.7. The minimum Gasteiger partial charge on any atom is -0.339 e. The van der Waals surface area contributed by atoms with Crippen LogP contribution in [0, 0.1) is 0 Å². The number of sulfonamides is 1. The largest absolute Gasteiger partial charge is 0.339 e. The van der Waals surface area contributed by atoms with Gasteiger partial charge in [0.25, 0.3) is 0 Å². The third-order valence-corrected chi connectivity index (χ3v) is 8.03. The van der Waals surface area contributed by atoms with E-state index in [0.717, 1.165) is 38.2 Å². The summed E-state index contributed by atoms with van der Waals surface area (Å²) >= 11 is 0. The minimum atomic E-state index is -3.62. The highest BCUT2D eigenvalue weighted by Crippen LogP contribution is 2.25. The van der Waals surface area contributed by atoms with E-state index < -0.39 is 10.0 Å². The van der Waals surface area contributed by atoms with Gasteiger partial charge in [-0.3, -0.25) is 9.69 Å². The summed E-state index contributed by atoms with van der Waals surface area (Å²) in [5.41, 5.74) is 3.86. The zero-order valence-electron chi connectivity index (χ0n) is 19.2. The molecule has 1 saturated heterocycles. The molecule has 1 N–H and O–H groups in total. The molecule has 0 unspecified atom stereocenters. The number of carbonyl (C=O) groups is 1. The maximum atomic E-state index is 12.5. The van der Waals surface area contributed by atoms with Crippen LogP contribution in [0.15, 0.2) is 53.4 Å². The molecule has 32 heavy (non-hydrogen) atoms. The number of fused-ring (bicyclic) bond motifs is 1. The van der Waals surface area contributed by atoms with Crippen molar-refractivity contribution in [3.8, 4) is 0 Å². The Kier molecular flexibility index (Phi) is 6.43. The van der Waals surface area contributed by atoms with Crippen molar-refractivity contribution in [3.05, 3.63) is 65.2 Å². The van der Waals surface area contributed by atoms with Crippen LogP contribution in [0.4, 0.5) is 0 Å². The highest BCUT2D eigenvalue weighted by Gasteiger charge is 2.35. The van der Waals surface area contributed by atoms with Crippen LogP contribution in [0.3, 0.4) is 0 Å². The first-order chi connectivity index (χ1) is 15.1. The zero-order valence-corrected chi connectivity index (χ0v) is 20.0. The summed E-state index contributed by atoms with van der Waals surface area (Å²) in [6.07, 6.45) is 1.23. The van der Waals surface area contributed by atoms with Gasteiger partial charge in [0.1, 0.15) is 0 Å². The summed E-state index contributed by atoms with van der Waals surface area (Å²) in [5, 5.41) is 0. The van der Waals surface area contributed by atoms with Crippen molar-refractivity contribution < 1.29 is 13.2 Å². The highest BCUT2D eigenvalue weighted by molar-refractivity contribution is 7.89. The lowest BCUT2D eigenvalue weighted by atomic mass is 9.87. The fraction of sp³-hybridized carbons (Fsp3) is 0.480. The molecule has 0 aliphatic carbocycles. The number of likely N-dealkylation sites (tertiary alicyclic amines) is 1. The van der Waals surface area contributed by atoms with Gasteiger partial charge in [-0.1, -0.05) is 57.2 Å². The van der Waals surface area contributed by atoms with Gasteiger partial charge in [0.15, 0.2) is 0 Å². The predicted octanol–water partition coefficient (Wildman–Crippen LogP) is 2.92. The molecule has 0 spiro atoms. The van der Waals surface area contributed by atoms with E-state index in [9.17, 15) is 13.2 Å². The van der Waals surface area contributed by atoms with Crippen molar-refractivity contribution in [2.75, 3.05) is 26.2 Å². The van der Waals surface area contributed by atoms with E-state index in [1.807, 2.05) is 17.0 Å². The highest BCUT2D eigenvalue weighted by atomic mass is 32.2. The van der Waals surface area contributed by atoms with Crippen molar-refractivity contribution in [1.82, 2.24) is 14.5 Å². The first kappa shape index (κ1) is 23.0. The van der Waals surface area contributed by atoms with Crippen LogP contribution < -0.4 is 4.72 Å². The SMILES string of the molecule is CC(C)(C)c1ccc(S(=O)(=O)NCCC(=O)N2CC(N3CCc4ccccc4C3)C2)cc1. The summed E-state index contributed by atoms with van der Waals surface area (Å²) in [5.74, 6) is 0.00411. The minimum absolute atomic E-state index is 0.00411. The van der Waals surface area contributed by atoms with E-state index >= 15 is 0 Å². The maximum Gasteiger partial charge on any atom is 0.240 e. The standard InChI is InChI=1S/C25H33N3O3S/c1-25(2,3)21-8-10-23(11-9-21)32(30,31)26-14-12-24(29)28-17-22(18-28)27-15-13-19-6-4-5-7-20(19)16-27/h4-11,22,26H,12-18H2,1-3H3. The van der Waals surface area contributed by atoms with Gasteiger partial charge in [0.2, 0.25) is 15.9 Å². The molecule has 2 aromatic carbocycles. The van der Waals surface area contributed by atoms with Gasteiger partial charge in [0, 0.05) is 45.2 Å². The van der Waals surface area contributed by atoms with Gasteiger partial charge >= 0.3 is 0 Å². The number of nitrogens with one attached hydrogen (secondary N) is 1. The van der Waals surface area contributed by atoms with E-state index in [0.29, 0.717) is 6.04 Å². The number of carbonyl (C=O) groups excluding carboxylic acids is 1. The molecular formula is C25H33N3O3S. The average molecular weight is 456 g/mol. The Morgan fingerprint density at radius 3 is 2.34 bits per heavy atom. The Morgan fingerprint density at radius 2 is 1.69 bits per heavy atom. The molecule has 2 aromatic rings. The molecule has 4 rings (SSSR count). The number of amides is 1. The van der Waals surface area contributed by atoms with Gasteiger partial charge in [-0.2, -0.15) is 0 Å². The monoisotopic (exact) mass is 455 g/mol. The third kappa shape index (κ3) is 5.05. The smallest absolute Gasteiger partial charge is 0.240 e. The molecule has 6 nitrogen and oxygen atoms in total. The molecule has 7 heteroatoms. The van der Waals surface area contributed by atoms with E-state index in [4.69, 9.17) is 0 Å². The molecule has 1 amide bonds. The van der Waals surface area contributed by atoms with Crippen LogP contribution in [0.2, 0.25) is 0 Å². The molecule has 1 fully saturated rings. The molecule has 172 valence electrons.